The number of hydrogen-bond donors (Lipinski definition) is 1. The number of anilines is 1. The van der Waals surface area contributed by atoms with E-state index < -0.39 is 0 Å². The first-order valence-corrected chi connectivity index (χ1v) is 5.45. The topological polar surface area (TPSA) is 29.1 Å². The zero-order chi connectivity index (χ0) is 9.42. The van der Waals surface area contributed by atoms with Crippen molar-refractivity contribution in [2.24, 2.45) is 0 Å². The Hall–Kier alpha value is -0.960. The van der Waals surface area contributed by atoms with E-state index in [0.717, 1.165) is 11.3 Å². The zero-order valence-electron chi connectivity index (χ0n) is 7.63. The summed E-state index contributed by atoms with van der Waals surface area (Å²) in [4.78, 5) is 11.4. The second kappa shape index (κ2) is 3.07. The lowest BCUT2D eigenvalue weighted by molar-refractivity contribution is -0.115. The molecule has 1 aromatic rings. The maximum absolute atomic E-state index is 11.4. The van der Waals surface area contributed by atoms with Crippen LogP contribution in [0.4, 0.5) is 5.69 Å². The molecule has 1 aliphatic heterocycles. The third-order valence-electron chi connectivity index (χ3n) is 2.22. The lowest BCUT2D eigenvalue weighted by Gasteiger charge is -2.04. The van der Waals surface area contributed by atoms with Crippen molar-refractivity contribution >= 4 is 23.4 Å². The van der Waals surface area contributed by atoms with Gasteiger partial charge in [0.15, 0.2) is 0 Å². The molecule has 68 valence electrons. The van der Waals surface area contributed by atoms with E-state index in [0.29, 0.717) is 0 Å². The molecule has 1 amide bonds. The van der Waals surface area contributed by atoms with E-state index in [2.05, 4.69) is 11.4 Å². The van der Waals surface area contributed by atoms with E-state index in [9.17, 15) is 4.79 Å². The zero-order valence-corrected chi connectivity index (χ0v) is 8.44. The summed E-state index contributed by atoms with van der Waals surface area (Å²) in [6.45, 7) is 2.04. The standard InChI is InChI=1S/C10H11NOS/c1-6-3-4-8-7(5-6)9(13-2)10(12)11-8/h3-5,9H,1-2H3,(H,11,12). The molecule has 3 heteroatoms. The fourth-order valence-corrected chi connectivity index (χ4v) is 2.31. The van der Waals surface area contributed by atoms with Crippen molar-refractivity contribution in [3.8, 4) is 0 Å². The summed E-state index contributed by atoms with van der Waals surface area (Å²) in [6.07, 6.45) is 1.96. The molecule has 1 N–H and O–H groups in total. The quantitative estimate of drug-likeness (QED) is 0.741. The minimum absolute atomic E-state index is 0.0186. The lowest BCUT2D eigenvalue weighted by Crippen LogP contribution is -2.08. The summed E-state index contributed by atoms with van der Waals surface area (Å²) in [5.74, 6) is 0.105. The number of aryl methyl sites for hydroxylation is 1. The van der Waals surface area contributed by atoms with Gasteiger partial charge in [0.25, 0.3) is 0 Å². The van der Waals surface area contributed by atoms with Crippen LogP contribution in [-0.2, 0) is 4.79 Å². The average Bonchev–Trinajstić information content (AvgIpc) is 2.40. The van der Waals surface area contributed by atoms with Crippen molar-refractivity contribution in [3.63, 3.8) is 0 Å². The van der Waals surface area contributed by atoms with Gasteiger partial charge in [-0.3, -0.25) is 4.79 Å². The van der Waals surface area contributed by atoms with Gasteiger partial charge in [0.05, 0.1) is 0 Å². The average molecular weight is 193 g/mol. The Balaban J connectivity index is 2.50. The molecule has 1 unspecified atom stereocenters. The molecule has 0 aliphatic carbocycles. The van der Waals surface area contributed by atoms with Gasteiger partial charge in [0.2, 0.25) is 5.91 Å². The fourth-order valence-electron chi connectivity index (χ4n) is 1.59. The predicted molar refractivity (Wildman–Crippen MR) is 56.1 cm³/mol. The van der Waals surface area contributed by atoms with Crippen molar-refractivity contribution in [1.82, 2.24) is 0 Å². The van der Waals surface area contributed by atoms with E-state index in [1.165, 1.54) is 5.56 Å². The number of carbonyl (C=O) groups excluding carboxylic acids is 1. The molecule has 2 nitrogen and oxygen atoms in total. The molecule has 0 saturated carbocycles. The highest BCUT2D eigenvalue weighted by molar-refractivity contribution is 7.99. The minimum atomic E-state index is -0.0186. The molecule has 0 bridgehead atoms. The normalized spacial score (nSPS) is 19.8. The second-order valence-corrected chi connectivity index (χ2v) is 4.14. The summed E-state index contributed by atoms with van der Waals surface area (Å²) in [7, 11) is 0. The largest absolute Gasteiger partial charge is 0.325 e. The molecule has 2 rings (SSSR count). The monoisotopic (exact) mass is 193 g/mol. The van der Waals surface area contributed by atoms with Crippen LogP contribution < -0.4 is 5.32 Å². The van der Waals surface area contributed by atoms with Gasteiger partial charge in [-0.05, 0) is 24.8 Å². The number of hydrogen-bond acceptors (Lipinski definition) is 2. The minimum Gasteiger partial charge on any atom is -0.325 e. The molecular weight excluding hydrogens is 182 g/mol. The molecule has 1 aliphatic rings. The van der Waals surface area contributed by atoms with Gasteiger partial charge in [-0.15, -0.1) is 11.8 Å². The highest BCUT2D eigenvalue weighted by Gasteiger charge is 2.29. The first-order valence-electron chi connectivity index (χ1n) is 4.16. The molecule has 13 heavy (non-hydrogen) atoms. The molecule has 1 atom stereocenters. The summed E-state index contributed by atoms with van der Waals surface area (Å²) in [5, 5.41) is 2.85. The second-order valence-electron chi connectivity index (χ2n) is 3.20. The molecule has 1 heterocycles. The molecule has 0 spiro atoms. The Kier molecular flexibility index (Phi) is 2.04. The molecule has 1 aromatic carbocycles. The third kappa shape index (κ3) is 1.33. The van der Waals surface area contributed by atoms with Crippen LogP contribution in [0.2, 0.25) is 0 Å². The van der Waals surface area contributed by atoms with Crippen LogP contribution in [0.3, 0.4) is 0 Å². The lowest BCUT2D eigenvalue weighted by atomic mass is 10.1. The maximum atomic E-state index is 11.4. The van der Waals surface area contributed by atoms with Gasteiger partial charge in [-0.2, -0.15) is 0 Å². The first-order chi connectivity index (χ1) is 6.22. The fraction of sp³-hybridized carbons (Fsp3) is 0.300. The summed E-state index contributed by atoms with van der Waals surface area (Å²) < 4.78 is 0. The van der Waals surface area contributed by atoms with Crippen molar-refractivity contribution in [2.75, 3.05) is 11.6 Å². The Labute approximate surface area is 81.7 Å². The third-order valence-corrected chi connectivity index (χ3v) is 3.16. The number of thioether (sulfide) groups is 1. The highest BCUT2D eigenvalue weighted by atomic mass is 32.2. The smallest absolute Gasteiger partial charge is 0.242 e. The number of rotatable bonds is 1. The van der Waals surface area contributed by atoms with Crippen LogP contribution in [0.15, 0.2) is 18.2 Å². The van der Waals surface area contributed by atoms with Crippen LogP contribution in [0.5, 0.6) is 0 Å². The molecule has 0 saturated heterocycles. The highest BCUT2D eigenvalue weighted by Crippen LogP contribution is 2.38. The number of fused-ring (bicyclic) bond motifs is 1. The van der Waals surface area contributed by atoms with Gasteiger partial charge in [0, 0.05) is 5.69 Å². The van der Waals surface area contributed by atoms with Crippen molar-refractivity contribution in [2.45, 2.75) is 12.2 Å². The molecular formula is C10H11NOS. The van der Waals surface area contributed by atoms with E-state index in [4.69, 9.17) is 0 Å². The van der Waals surface area contributed by atoms with Gasteiger partial charge in [0.1, 0.15) is 5.25 Å². The summed E-state index contributed by atoms with van der Waals surface area (Å²) in [6, 6.07) is 6.06. The van der Waals surface area contributed by atoms with Crippen LogP contribution in [0.25, 0.3) is 0 Å². The number of benzene rings is 1. The summed E-state index contributed by atoms with van der Waals surface area (Å²) >= 11 is 1.58. The predicted octanol–water partition coefficient (Wildman–Crippen LogP) is 2.35. The molecule has 0 radical (unpaired) electrons. The van der Waals surface area contributed by atoms with Gasteiger partial charge < -0.3 is 5.32 Å². The van der Waals surface area contributed by atoms with E-state index in [-0.39, 0.29) is 11.2 Å². The van der Waals surface area contributed by atoms with Crippen molar-refractivity contribution < 1.29 is 4.79 Å². The van der Waals surface area contributed by atoms with Gasteiger partial charge in [-0.25, -0.2) is 0 Å². The van der Waals surface area contributed by atoms with Crippen LogP contribution in [-0.4, -0.2) is 12.2 Å². The van der Waals surface area contributed by atoms with E-state index in [1.807, 2.05) is 25.3 Å². The van der Waals surface area contributed by atoms with E-state index >= 15 is 0 Å². The molecule has 0 aromatic heterocycles. The number of nitrogens with one attached hydrogen (secondary N) is 1. The maximum Gasteiger partial charge on any atom is 0.242 e. The van der Waals surface area contributed by atoms with E-state index in [1.54, 1.807) is 11.8 Å². The first kappa shape index (κ1) is 8.63. The van der Waals surface area contributed by atoms with Crippen molar-refractivity contribution in [3.05, 3.63) is 29.3 Å². The summed E-state index contributed by atoms with van der Waals surface area (Å²) in [5.41, 5.74) is 3.29. The van der Waals surface area contributed by atoms with Gasteiger partial charge >= 0.3 is 0 Å². The Morgan fingerprint density at radius 3 is 2.92 bits per heavy atom. The van der Waals surface area contributed by atoms with Crippen molar-refractivity contribution in [1.29, 1.82) is 0 Å². The van der Waals surface area contributed by atoms with Gasteiger partial charge in [-0.1, -0.05) is 17.7 Å². The molecule has 0 fully saturated rings. The van der Waals surface area contributed by atoms with Crippen LogP contribution in [0, 0.1) is 6.92 Å². The Morgan fingerprint density at radius 1 is 1.46 bits per heavy atom. The van der Waals surface area contributed by atoms with Crippen LogP contribution >= 0.6 is 11.8 Å². The number of carbonyl (C=O) groups is 1. The Morgan fingerprint density at radius 2 is 2.23 bits per heavy atom. The Bertz CT molecular complexity index is 362. The SMILES string of the molecule is CSC1C(=O)Nc2ccc(C)cc21. The van der Waals surface area contributed by atoms with Crippen LogP contribution in [0.1, 0.15) is 16.4 Å². The number of amides is 1.